The maximum absolute atomic E-state index is 11.7. The van der Waals surface area contributed by atoms with Gasteiger partial charge in [0.2, 0.25) is 0 Å². The van der Waals surface area contributed by atoms with Gasteiger partial charge in [0.05, 0.1) is 12.5 Å². The van der Waals surface area contributed by atoms with Crippen molar-refractivity contribution in [2.24, 2.45) is 5.41 Å². The van der Waals surface area contributed by atoms with Gasteiger partial charge in [-0.25, -0.2) is 0 Å². The molecule has 0 aromatic rings. The molecule has 0 radical (unpaired) electrons. The van der Waals surface area contributed by atoms with Gasteiger partial charge in [-0.15, -0.1) is 0 Å². The molecule has 0 saturated carbocycles. The molecule has 0 aliphatic carbocycles. The summed E-state index contributed by atoms with van der Waals surface area (Å²) in [7, 11) is 3.62. The van der Waals surface area contributed by atoms with Crippen molar-refractivity contribution in [3.8, 4) is 0 Å². The van der Waals surface area contributed by atoms with Gasteiger partial charge in [0.25, 0.3) is 0 Å². The molecule has 0 spiro atoms. The summed E-state index contributed by atoms with van der Waals surface area (Å²) in [5, 5.41) is 0. The average molecular weight is 242 g/mol. The topological polar surface area (TPSA) is 32.8 Å². The zero-order valence-corrected chi connectivity index (χ0v) is 11.8. The van der Waals surface area contributed by atoms with Crippen LogP contribution in [-0.2, 0) is 9.53 Å². The Morgan fingerprint density at radius 1 is 1.41 bits per heavy atom. The molecule has 100 valence electrons. The number of carbonyl (C=O) groups excluding carboxylic acids is 1. The van der Waals surface area contributed by atoms with Gasteiger partial charge in [0.1, 0.15) is 0 Å². The number of esters is 1. The first kappa shape index (κ1) is 14.5. The third kappa shape index (κ3) is 3.96. The predicted octanol–water partition coefficient (Wildman–Crippen LogP) is 1.21. The van der Waals surface area contributed by atoms with E-state index < -0.39 is 5.41 Å². The highest BCUT2D eigenvalue weighted by atomic mass is 16.5. The predicted molar refractivity (Wildman–Crippen MR) is 68.9 cm³/mol. The van der Waals surface area contributed by atoms with Crippen LogP contribution in [0.4, 0.5) is 0 Å². The first-order valence-corrected chi connectivity index (χ1v) is 6.38. The van der Waals surface area contributed by atoms with Crippen molar-refractivity contribution in [2.45, 2.75) is 33.2 Å². The number of likely N-dealkylation sites (N-methyl/N-ethyl adjacent to an activating group) is 1. The van der Waals surface area contributed by atoms with E-state index in [4.69, 9.17) is 4.74 Å². The lowest BCUT2D eigenvalue weighted by molar-refractivity contribution is -0.152. The quantitative estimate of drug-likeness (QED) is 0.697. The van der Waals surface area contributed by atoms with Crippen molar-refractivity contribution in [2.75, 3.05) is 40.3 Å². The molecule has 1 unspecified atom stereocenters. The fourth-order valence-electron chi connectivity index (χ4n) is 2.51. The fourth-order valence-corrected chi connectivity index (χ4v) is 2.51. The summed E-state index contributed by atoms with van der Waals surface area (Å²) in [4.78, 5) is 16.5. The Morgan fingerprint density at radius 2 is 2.06 bits per heavy atom. The Kier molecular flexibility index (Phi) is 4.95. The second-order valence-corrected chi connectivity index (χ2v) is 5.81. The van der Waals surface area contributed by atoms with Crippen molar-refractivity contribution < 1.29 is 9.53 Å². The highest BCUT2D eigenvalue weighted by Gasteiger charge is 2.33. The van der Waals surface area contributed by atoms with Crippen molar-refractivity contribution in [1.82, 2.24) is 9.80 Å². The zero-order valence-electron chi connectivity index (χ0n) is 11.8. The molecule has 1 aliphatic rings. The summed E-state index contributed by atoms with van der Waals surface area (Å²) in [6.07, 6.45) is 1.16. The van der Waals surface area contributed by atoms with Crippen molar-refractivity contribution in [3.63, 3.8) is 0 Å². The molecule has 1 fully saturated rings. The number of rotatable bonds is 3. The minimum absolute atomic E-state index is 0.123. The molecule has 4 nitrogen and oxygen atoms in total. The van der Waals surface area contributed by atoms with Gasteiger partial charge in [0.15, 0.2) is 0 Å². The van der Waals surface area contributed by atoms with Crippen LogP contribution in [0.5, 0.6) is 0 Å². The Balaban J connectivity index is 2.63. The van der Waals surface area contributed by atoms with E-state index in [1.165, 1.54) is 7.11 Å². The van der Waals surface area contributed by atoms with Crippen LogP contribution in [0.1, 0.15) is 27.2 Å². The average Bonchev–Trinajstić information content (AvgIpc) is 2.39. The largest absolute Gasteiger partial charge is 0.469 e. The van der Waals surface area contributed by atoms with Crippen LogP contribution in [-0.4, -0.2) is 62.1 Å². The number of ether oxygens (including phenoxy) is 1. The summed E-state index contributed by atoms with van der Waals surface area (Å²) < 4.78 is 4.87. The summed E-state index contributed by atoms with van der Waals surface area (Å²) in [5.74, 6) is -0.123. The molecule has 1 atom stereocenters. The molecule has 0 aromatic heterocycles. The Bertz CT molecular complexity index is 266. The molecule has 0 N–H and O–H groups in total. The van der Waals surface area contributed by atoms with Gasteiger partial charge >= 0.3 is 5.97 Å². The van der Waals surface area contributed by atoms with Crippen molar-refractivity contribution in [1.29, 1.82) is 0 Å². The molecule has 17 heavy (non-hydrogen) atoms. The molecule has 1 saturated heterocycles. The number of carbonyl (C=O) groups is 1. The maximum Gasteiger partial charge on any atom is 0.312 e. The van der Waals surface area contributed by atoms with Crippen LogP contribution < -0.4 is 0 Å². The van der Waals surface area contributed by atoms with Gasteiger partial charge in [0, 0.05) is 19.1 Å². The second-order valence-electron chi connectivity index (χ2n) is 5.81. The van der Waals surface area contributed by atoms with E-state index in [0.717, 1.165) is 32.6 Å². The normalized spacial score (nSPS) is 24.4. The van der Waals surface area contributed by atoms with Gasteiger partial charge in [-0.2, -0.15) is 0 Å². The third-order valence-corrected chi connectivity index (χ3v) is 3.52. The standard InChI is InChI=1S/C13H26N2O2/c1-11-9-14(4)7-6-8-15(11)10-13(2,3)12(16)17-5/h11H,6-10H2,1-5H3. The first-order valence-electron chi connectivity index (χ1n) is 6.38. The maximum atomic E-state index is 11.7. The highest BCUT2D eigenvalue weighted by molar-refractivity contribution is 5.76. The third-order valence-electron chi connectivity index (χ3n) is 3.52. The summed E-state index contributed by atoms with van der Waals surface area (Å²) in [6, 6.07) is 0.492. The lowest BCUT2D eigenvalue weighted by atomic mass is 9.92. The van der Waals surface area contributed by atoms with E-state index in [0.29, 0.717) is 6.04 Å². The number of hydrogen-bond donors (Lipinski definition) is 0. The molecule has 1 heterocycles. The molecule has 1 aliphatic heterocycles. The van der Waals surface area contributed by atoms with E-state index in [2.05, 4.69) is 23.8 Å². The summed E-state index contributed by atoms with van der Waals surface area (Å²) in [6.45, 7) is 10.2. The molecular weight excluding hydrogens is 216 g/mol. The highest BCUT2D eigenvalue weighted by Crippen LogP contribution is 2.21. The molecule has 1 rings (SSSR count). The SMILES string of the molecule is COC(=O)C(C)(C)CN1CCCN(C)CC1C. The summed E-state index contributed by atoms with van der Waals surface area (Å²) >= 11 is 0. The number of methoxy groups -OCH3 is 1. The van der Waals surface area contributed by atoms with Crippen molar-refractivity contribution >= 4 is 5.97 Å². The number of nitrogens with zero attached hydrogens (tertiary/aromatic N) is 2. The minimum Gasteiger partial charge on any atom is -0.469 e. The number of hydrogen-bond acceptors (Lipinski definition) is 4. The summed E-state index contributed by atoms with van der Waals surface area (Å²) in [5.41, 5.74) is -0.425. The minimum atomic E-state index is -0.425. The lowest BCUT2D eigenvalue weighted by Crippen LogP contribution is -2.45. The van der Waals surface area contributed by atoms with Gasteiger partial charge in [-0.05, 0) is 47.3 Å². The van der Waals surface area contributed by atoms with Crippen molar-refractivity contribution in [3.05, 3.63) is 0 Å². The Labute approximate surface area is 105 Å². The molecule has 0 bridgehead atoms. The fraction of sp³-hybridized carbons (Fsp3) is 0.923. The van der Waals surface area contributed by atoms with Crippen LogP contribution in [0, 0.1) is 5.41 Å². The zero-order chi connectivity index (χ0) is 13.1. The Hall–Kier alpha value is -0.610. The van der Waals surface area contributed by atoms with Gasteiger partial charge in [-0.1, -0.05) is 0 Å². The second kappa shape index (κ2) is 5.83. The van der Waals surface area contributed by atoms with E-state index >= 15 is 0 Å². The van der Waals surface area contributed by atoms with Crippen LogP contribution >= 0.6 is 0 Å². The van der Waals surface area contributed by atoms with Crippen LogP contribution in [0.25, 0.3) is 0 Å². The van der Waals surface area contributed by atoms with E-state index in [-0.39, 0.29) is 5.97 Å². The monoisotopic (exact) mass is 242 g/mol. The lowest BCUT2D eigenvalue weighted by Gasteiger charge is -2.34. The molecule has 0 aromatic carbocycles. The molecule has 0 amide bonds. The van der Waals surface area contributed by atoms with Crippen LogP contribution in [0.2, 0.25) is 0 Å². The smallest absolute Gasteiger partial charge is 0.312 e. The Morgan fingerprint density at radius 3 is 2.65 bits per heavy atom. The van der Waals surface area contributed by atoms with Crippen LogP contribution in [0.3, 0.4) is 0 Å². The van der Waals surface area contributed by atoms with Gasteiger partial charge in [-0.3, -0.25) is 9.69 Å². The first-order chi connectivity index (χ1) is 7.86. The molecular formula is C13H26N2O2. The van der Waals surface area contributed by atoms with Crippen LogP contribution in [0.15, 0.2) is 0 Å². The van der Waals surface area contributed by atoms with Gasteiger partial charge < -0.3 is 9.64 Å². The van der Waals surface area contributed by atoms with E-state index in [1.807, 2.05) is 13.8 Å². The molecule has 4 heteroatoms. The van der Waals surface area contributed by atoms with E-state index in [1.54, 1.807) is 0 Å². The van der Waals surface area contributed by atoms with E-state index in [9.17, 15) is 4.79 Å².